The molecular weight excluding hydrogens is 288 g/mol. The second-order valence-electron chi connectivity index (χ2n) is 5.61. The molecule has 1 N–H and O–H groups in total. The van der Waals surface area contributed by atoms with Gasteiger partial charge in [-0.1, -0.05) is 26.2 Å². The summed E-state index contributed by atoms with van der Waals surface area (Å²) in [6.07, 6.45) is 6.27. The van der Waals surface area contributed by atoms with Gasteiger partial charge in [0.2, 0.25) is 0 Å². The summed E-state index contributed by atoms with van der Waals surface area (Å²) in [6, 6.07) is 0.560. The van der Waals surface area contributed by atoms with Crippen molar-refractivity contribution in [1.29, 1.82) is 0 Å². The van der Waals surface area contributed by atoms with Crippen molar-refractivity contribution in [3.8, 4) is 0 Å². The Kier molecular flexibility index (Phi) is 7.69. The maximum absolute atomic E-state index is 5.50. The quantitative estimate of drug-likeness (QED) is 0.617. The monoisotopic (exact) mass is 316 g/mol. The number of hydrazine groups is 1. The molecule has 0 aromatic carbocycles. The van der Waals surface area contributed by atoms with Crippen molar-refractivity contribution in [3.05, 3.63) is 0 Å². The van der Waals surface area contributed by atoms with E-state index in [0.29, 0.717) is 11.2 Å². The summed E-state index contributed by atoms with van der Waals surface area (Å²) in [5.41, 5.74) is 0. The third-order valence-corrected chi connectivity index (χ3v) is 4.45. The van der Waals surface area contributed by atoms with Crippen LogP contribution in [-0.2, 0) is 0 Å². The third-order valence-electron chi connectivity index (χ3n) is 3.67. The maximum Gasteiger partial charge on any atom is 0.189 e. The lowest BCUT2D eigenvalue weighted by molar-refractivity contribution is 0.0681. The number of nitrogens with one attached hydrogen (secondary N) is 1. The van der Waals surface area contributed by atoms with Crippen LogP contribution in [0.2, 0.25) is 0 Å². The van der Waals surface area contributed by atoms with E-state index in [4.69, 9.17) is 24.4 Å². The Bertz CT molecular complexity index is 333. The van der Waals surface area contributed by atoms with E-state index >= 15 is 0 Å². The Morgan fingerprint density at radius 2 is 1.95 bits per heavy atom. The Morgan fingerprint density at radius 3 is 2.55 bits per heavy atom. The molecule has 1 aliphatic heterocycles. The molecule has 1 unspecified atom stereocenters. The topological polar surface area (TPSA) is 21.8 Å². The molecule has 1 rings (SSSR count). The van der Waals surface area contributed by atoms with E-state index in [1.807, 2.05) is 19.0 Å². The Hall–Kier alpha value is -0.460. The maximum atomic E-state index is 5.50. The minimum Gasteiger partial charge on any atom is -0.355 e. The highest BCUT2D eigenvalue weighted by molar-refractivity contribution is 7.81. The molecule has 0 amide bonds. The van der Waals surface area contributed by atoms with Gasteiger partial charge in [0.1, 0.15) is 0 Å². The van der Waals surface area contributed by atoms with Gasteiger partial charge in [-0.2, -0.15) is 0 Å². The largest absolute Gasteiger partial charge is 0.355 e. The lowest BCUT2D eigenvalue weighted by Crippen LogP contribution is -2.51. The highest BCUT2D eigenvalue weighted by atomic mass is 32.1. The van der Waals surface area contributed by atoms with Gasteiger partial charge in [-0.25, -0.2) is 5.01 Å². The molecule has 20 heavy (non-hydrogen) atoms. The van der Waals surface area contributed by atoms with Crippen molar-refractivity contribution in [2.24, 2.45) is 0 Å². The molecule has 0 aliphatic carbocycles. The first-order valence-electron chi connectivity index (χ1n) is 7.53. The first-order valence-corrected chi connectivity index (χ1v) is 8.35. The van der Waals surface area contributed by atoms with E-state index in [0.717, 1.165) is 24.6 Å². The van der Waals surface area contributed by atoms with Gasteiger partial charge < -0.3 is 10.2 Å². The molecule has 116 valence electrons. The number of unbranched alkanes of at least 4 members (excludes halogenated alkanes) is 3. The van der Waals surface area contributed by atoms with Crippen LogP contribution in [0.4, 0.5) is 0 Å². The minimum absolute atomic E-state index is 0.560. The summed E-state index contributed by atoms with van der Waals surface area (Å²) >= 11 is 10.8. The first-order chi connectivity index (χ1) is 9.47. The van der Waals surface area contributed by atoms with Crippen LogP contribution >= 0.6 is 24.4 Å². The average molecular weight is 317 g/mol. The number of hydrogen-bond acceptors (Lipinski definition) is 3. The minimum atomic E-state index is 0.560. The van der Waals surface area contributed by atoms with E-state index < -0.39 is 0 Å². The summed E-state index contributed by atoms with van der Waals surface area (Å²) in [6.45, 7) is 6.58. The lowest BCUT2D eigenvalue weighted by atomic mass is 10.2. The van der Waals surface area contributed by atoms with Crippen LogP contribution in [0.25, 0.3) is 0 Å². The predicted octanol–water partition coefficient (Wildman–Crippen LogP) is 2.60. The molecule has 1 aliphatic rings. The average Bonchev–Trinajstić information content (AvgIpc) is 2.76. The fourth-order valence-electron chi connectivity index (χ4n) is 2.35. The first kappa shape index (κ1) is 17.6. The highest BCUT2D eigenvalue weighted by Crippen LogP contribution is 2.19. The molecule has 0 radical (unpaired) electrons. The van der Waals surface area contributed by atoms with Crippen molar-refractivity contribution < 1.29 is 0 Å². The number of rotatable bonds is 5. The summed E-state index contributed by atoms with van der Waals surface area (Å²) in [5, 5.41) is 9.11. The molecule has 1 saturated heterocycles. The number of nitrogens with zero attached hydrogens (tertiary/aromatic N) is 3. The summed E-state index contributed by atoms with van der Waals surface area (Å²) in [5.74, 6) is 0. The van der Waals surface area contributed by atoms with Crippen molar-refractivity contribution >= 4 is 34.7 Å². The molecular formula is C14H28N4S2. The number of hydrogen-bond donors (Lipinski definition) is 1. The van der Waals surface area contributed by atoms with Crippen LogP contribution in [0.3, 0.4) is 0 Å². The van der Waals surface area contributed by atoms with E-state index in [-0.39, 0.29) is 0 Å². The van der Waals surface area contributed by atoms with Crippen LogP contribution < -0.4 is 5.32 Å². The van der Waals surface area contributed by atoms with E-state index in [1.165, 1.54) is 25.7 Å². The second kappa shape index (κ2) is 8.74. The fourth-order valence-corrected chi connectivity index (χ4v) is 2.81. The van der Waals surface area contributed by atoms with Gasteiger partial charge in [0.25, 0.3) is 0 Å². The van der Waals surface area contributed by atoms with Crippen molar-refractivity contribution in [3.63, 3.8) is 0 Å². The smallest absolute Gasteiger partial charge is 0.189 e. The molecule has 0 aromatic rings. The van der Waals surface area contributed by atoms with Gasteiger partial charge >= 0.3 is 0 Å². The lowest BCUT2D eigenvalue weighted by Gasteiger charge is -2.33. The zero-order chi connectivity index (χ0) is 15.1. The van der Waals surface area contributed by atoms with Crippen LogP contribution in [-0.4, -0.2) is 58.4 Å². The van der Waals surface area contributed by atoms with Gasteiger partial charge in [0, 0.05) is 33.2 Å². The van der Waals surface area contributed by atoms with Crippen LogP contribution in [0, 0.1) is 0 Å². The van der Waals surface area contributed by atoms with Crippen LogP contribution in [0.5, 0.6) is 0 Å². The molecule has 0 saturated carbocycles. The second-order valence-corrected chi connectivity index (χ2v) is 6.39. The van der Waals surface area contributed by atoms with Crippen LogP contribution in [0.1, 0.15) is 46.0 Å². The zero-order valence-electron chi connectivity index (χ0n) is 13.2. The molecule has 0 bridgehead atoms. The molecule has 1 fully saturated rings. The molecule has 1 heterocycles. The highest BCUT2D eigenvalue weighted by Gasteiger charge is 2.30. The Morgan fingerprint density at radius 1 is 1.25 bits per heavy atom. The van der Waals surface area contributed by atoms with Crippen LogP contribution in [0.15, 0.2) is 0 Å². The molecule has 0 spiro atoms. The Balaban J connectivity index is 2.49. The standard InChI is InChI=1S/C14H28N4S2/c1-5-6-7-8-10-17-12(2)9-11-18(17)14(20)15-13(19)16(3)4/h12H,5-11H2,1-4H3,(H,15,19,20). The van der Waals surface area contributed by atoms with Gasteiger partial charge in [0.05, 0.1) is 0 Å². The SMILES string of the molecule is CCCCCCN1C(C)CCN1C(=S)NC(=S)N(C)C. The van der Waals surface area contributed by atoms with Crippen molar-refractivity contribution in [2.45, 2.75) is 52.0 Å². The zero-order valence-corrected chi connectivity index (χ0v) is 14.8. The van der Waals surface area contributed by atoms with E-state index in [2.05, 4.69) is 29.2 Å². The number of thiocarbonyl (C=S) groups is 2. The van der Waals surface area contributed by atoms with E-state index in [9.17, 15) is 0 Å². The molecule has 0 aromatic heterocycles. The van der Waals surface area contributed by atoms with Crippen molar-refractivity contribution in [2.75, 3.05) is 27.2 Å². The van der Waals surface area contributed by atoms with Gasteiger partial charge in [0.15, 0.2) is 10.2 Å². The van der Waals surface area contributed by atoms with Gasteiger partial charge in [-0.15, -0.1) is 0 Å². The molecule has 4 nitrogen and oxygen atoms in total. The van der Waals surface area contributed by atoms with Gasteiger partial charge in [-0.3, -0.25) is 5.01 Å². The van der Waals surface area contributed by atoms with E-state index in [1.54, 1.807) is 0 Å². The fraction of sp³-hybridized carbons (Fsp3) is 0.857. The third kappa shape index (κ3) is 5.14. The molecule has 6 heteroatoms. The van der Waals surface area contributed by atoms with Crippen molar-refractivity contribution in [1.82, 2.24) is 20.2 Å². The summed E-state index contributed by atoms with van der Waals surface area (Å²) in [7, 11) is 3.85. The summed E-state index contributed by atoms with van der Waals surface area (Å²) in [4.78, 5) is 1.87. The predicted molar refractivity (Wildman–Crippen MR) is 93.7 cm³/mol. The summed E-state index contributed by atoms with van der Waals surface area (Å²) < 4.78 is 0. The normalized spacial score (nSPS) is 19.2. The Labute approximate surface area is 134 Å². The van der Waals surface area contributed by atoms with Gasteiger partial charge in [-0.05, 0) is 44.2 Å². The molecule has 1 atom stereocenters.